The van der Waals surface area contributed by atoms with Gasteiger partial charge in [0.1, 0.15) is 28.9 Å². The lowest BCUT2D eigenvalue weighted by Crippen LogP contribution is -2.71. The number of nitrogens with two attached hydrogens (primary N) is 1. The molecule has 2 aliphatic rings. The Bertz CT molecular complexity index is 950. The van der Waals surface area contributed by atoms with Gasteiger partial charge in [0.25, 0.3) is 5.91 Å². The maximum absolute atomic E-state index is 13.1. The zero-order chi connectivity index (χ0) is 24.1. The van der Waals surface area contributed by atoms with Crippen LogP contribution in [0.25, 0.3) is 0 Å². The number of nitrogens with one attached hydrogen (secondary N) is 1. The van der Waals surface area contributed by atoms with Gasteiger partial charge in [0.05, 0.1) is 20.3 Å². The molecule has 1 aromatic carbocycles. The Hall–Kier alpha value is -2.56. The normalized spacial score (nSPS) is 20.6. The zero-order valence-corrected chi connectivity index (χ0v) is 20.2. The molecule has 2 amide bonds. The van der Waals surface area contributed by atoms with E-state index in [1.807, 2.05) is 26.0 Å². The number of rotatable bonds is 10. The zero-order valence-electron chi connectivity index (χ0n) is 19.4. The van der Waals surface area contributed by atoms with Crippen LogP contribution in [0, 0.1) is 0 Å². The summed E-state index contributed by atoms with van der Waals surface area (Å²) in [6.45, 7) is 4.71. The summed E-state index contributed by atoms with van der Waals surface area (Å²) >= 11 is 1.46. The molecule has 1 aromatic rings. The van der Waals surface area contributed by atoms with E-state index in [1.165, 1.54) is 30.9 Å². The number of ether oxygens (including phenoxy) is 3. The maximum Gasteiger partial charge on any atom is 0.354 e. The number of benzene rings is 1. The number of hydrogen-bond acceptors (Lipinski definition) is 8. The van der Waals surface area contributed by atoms with E-state index in [1.54, 1.807) is 6.07 Å². The average Bonchev–Trinajstić information content (AvgIpc) is 2.84. The summed E-state index contributed by atoms with van der Waals surface area (Å²) in [5.41, 5.74) is 8.77. The Kier molecular flexibility index (Phi) is 8.39. The Morgan fingerprint density at radius 2 is 2.06 bits per heavy atom. The monoisotopic (exact) mass is 477 g/mol. The minimum Gasteiger partial charge on any atom is -0.493 e. The van der Waals surface area contributed by atoms with Crippen LogP contribution in [0.2, 0.25) is 0 Å². The predicted molar refractivity (Wildman–Crippen MR) is 124 cm³/mol. The van der Waals surface area contributed by atoms with Crippen molar-refractivity contribution in [3.63, 3.8) is 0 Å². The van der Waals surface area contributed by atoms with Gasteiger partial charge in [-0.3, -0.25) is 14.5 Å². The second kappa shape index (κ2) is 11.0. The number of fused-ring (bicyclic) bond motifs is 1. The van der Waals surface area contributed by atoms with Gasteiger partial charge >= 0.3 is 5.97 Å². The molecule has 1 fully saturated rings. The first-order valence-corrected chi connectivity index (χ1v) is 12.0. The van der Waals surface area contributed by atoms with E-state index in [-0.39, 0.29) is 18.2 Å². The molecule has 33 heavy (non-hydrogen) atoms. The van der Waals surface area contributed by atoms with Crippen LogP contribution in [-0.2, 0) is 30.3 Å². The quantitative estimate of drug-likeness (QED) is 0.384. The summed E-state index contributed by atoms with van der Waals surface area (Å²) in [6, 6.07) is 3.81. The van der Waals surface area contributed by atoms with E-state index in [9.17, 15) is 14.4 Å². The predicted octanol–water partition coefficient (Wildman–Crippen LogP) is 1.51. The number of methoxy groups -OCH3 is 2. The highest BCUT2D eigenvalue weighted by Gasteiger charge is 2.54. The van der Waals surface area contributed by atoms with Crippen molar-refractivity contribution in [2.75, 3.05) is 33.2 Å². The topological polar surface area (TPSA) is 120 Å². The number of esters is 1. The van der Waals surface area contributed by atoms with Crippen LogP contribution in [-0.4, -0.2) is 67.3 Å². The Morgan fingerprint density at radius 3 is 2.70 bits per heavy atom. The van der Waals surface area contributed by atoms with E-state index in [2.05, 4.69) is 5.32 Å². The van der Waals surface area contributed by atoms with Crippen molar-refractivity contribution in [1.29, 1.82) is 0 Å². The highest BCUT2D eigenvalue weighted by atomic mass is 32.2. The third-order valence-electron chi connectivity index (χ3n) is 5.63. The molecular weight excluding hydrogens is 446 g/mol. The number of carbonyl (C=O) groups excluding carboxylic acids is 3. The summed E-state index contributed by atoms with van der Waals surface area (Å²) in [4.78, 5) is 39.8. The van der Waals surface area contributed by atoms with Crippen molar-refractivity contribution in [3.05, 3.63) is 40.6 Å². The van der Waals surface area contributed by atoms with Gasteiger partial charge in [0.15, 0.2) is 0 Å². The van der Waals surface area contributed by atoms with E-state index in [0.29, 0.717) is 35.7 Å². The minimum atomic E-state index is -0.997. The van der Waals surface area contributed by atoms with Crippen LogP contribution in [0.1, 0.15) is 37.4 Å². The summed E-state index contributed by atoms with van der Waals surface area (Å²) in [5.74, 6) is -0.391. The largest absolute Gasteiger partial charge is 0.493 e. The minimum absolute atomic E-state index is 0.189. The Balaban J connectivity index is 1.79. The van der Waals surface area contributed by atoms with Crippen LogP contribution >= 0.6 is 11.8 Å². The van der Waals surface area contributed by atoms with Gasteiger partial charge in [-0.15, -0.1) is 11.8 Å². The fourth-order valence-corrected chi connectivity index (χ4v) is 5.34. The fraction of sp³-hybridized carbons (Fsp3) is 0.522. The number of aryl methyl sites for hydroxylation is 1. The number of β-lactam (4-membered cyclic amide) rings is 1. The lowest BCUT2D eigenvalue weighted by Gasteiger charge is -2.49. The molecular formula is C23H31N3O6S. The first kappa shape index (κ1) is 25.1. The SMILES string of the molecule is CCCOc1cccc(CC)c1C(N)C(=O)NC1C(=O)N2C(C(=O)OC)=C(COC)CS[C@@H]12. The molecule has 3 N–H and O–H groups in total. The third kappa shape index (κ3) is 4.87. The van der Waals surface area contributed by atoms with Crippen molar-refractivity contribution in [2.45, 2.75) is 44.1 Å². The lowest BCUT2D eigenvalue weighted by molar-refractivity contribution is -0.152. The summed E-state index contributed by atoms with van der Waals surface area (Å²) in [5, 5.41) is 2.37. The molecule has 0 bridgehead atoms. The molecule has 3 atom stereocenters. The van der Waals surface area contributed by atoms with Crippen LogP contribution in [0.15, 0.2) is 29.5 Å². The molecule has 2 unspecified atom stereocenters. The van der Waals surface area contributed by atoms with Crippen LogP contribution in [0.4, 0.5) is 0 Å². The van der Waals surface area contributed by atoms with Gasteiger partial charge in [-0.25, -0.2) is 4.79 Å². The second-order valence-electron chi connectivity index (χ2n) is 7.78. The van der Waals surface area contributed by atoms with Gasteiger partial charge in [0.2, 0.25) is 5.91 Å². The fourth-order valence-electron chi connectivity index (χ4n) is 4.02. The van der Waals surface area contributed by atoms with Gasteiger partial charge in [-0.05, 0) is 30.0 Å². The van der Waals surface area contributed by atoms with Crippen molar-refractivity contribution < 1.29 is 28.6 Å². The molecule has 10 heteroatoms. The highest BCUT2D eigenvalue weighted by Crippen LogP contribution is 2.41. The van der Waals surface area contributed by atoms with E-state index in [0.717, 1.165) is 12.0 Å². The van der Waals surface area contributed by atoms with Crippen molar-refractivity contribution in [2.24, 2.45) is 5.73 Å². The summed E-state index contributed by atoms with van der Waals surface area (Å²) in [6.07, 6.45) is 1.51. The molecule has 0 spiro atoms. The van der Waals surface area contributed by atoms with Gasteiger partial charge in [-0.1, -0.05) is 26.0 Å². The second-order valence-corrected chi connectivity index (χ2v) is 8.89. The lowest BCUT2D eigenvalue weighted by atomic mass is 9.96. The summed E-state index contributed by atoms with van der Waals surface area (Å²) < 4.78 is 15.9. The molecule has 0 aliphatic carbocycles. The standard InChI is InChI=1S/C23H31N3O6S/c1-5-10-32-15-9-7-8-13(6-2)16(15)17(24)20(27)25-18-21(28)26-19(23(29)31-4)14(11-30-3)12-33-22(18)26/h7-9,17-18,22H,5-6,10-12,24H2,1-4H3,(H,25,27)/t17?,18?,22-/m0/s1. The molecule has 0 saturated carbocycles. The molecule has 2 aliphatic heterocycles. The Morgan fingerprint density at radius 1 is 1.30 bits per heavy atom. The summed E-state index contributed by atoms with van der Waals surface area (Å²) in [7, 11) is 2.79. The maximum atomic E-state index is 13.1. The van der Waals surface area contributed by atoms with Gasteiger partial charge in [0, 0.05) is 18.4 Å². The number of thioether (sulfide) groups is 1. The number of amides is 2. The van der Waals surface area contributed by atoms with Crippen molar-refractivity contribution in [1.82, 2.24) is 10.2 Å². The average molecular weight is 478 g/mol. The Labute approximate surface area is 198 Å². The van der Waals surface area contributed by atoms with E-state index >= 15 is 0 Å². The number of hydrogen-bond donors (Lipinski definition) is 2. The molecule has 0 aromatic heterocycles. The highest BCUT2D eigenvalue weighted by molar-refractivity contribution is 8.00. The molecule has 2 heterocycles. The molecule has 1 saturated heterocycles. The van der Waals surface area contributed by atoms with Crippen molar-refractivity contribution >= 4 is 29.5 Å². The molecule has 0 radical (unpaired) electrons. The smallest absolute Gasteiger partial charge is 0.354 e. The number of carbonyl (C=O) groups is 3. The van der Waals surface area contributed by atoms with E-state index < -0.39 is 29.3 Å². The molecule has 3 rings (SSSR count). The number of nitrogens with zero attached hydrogens (tertiary/aromatic N) is 1. The van der Waals surface area contributed by atoms with Crippen LogP contribution in [0.3, 0.4) is 0 Å². The molecule has 180 valence electrons. The van der Waals surface area contributed by atoms with E-state index in [4.69, 9.17) is 19.9 Å². The van der Waals surface area contributed by atoms with Crippen molar-refractivity contribution in [3.8, 4) is 5.75 Å². The van der Waals surface area contributed by atoms with Crippen LogP contribution in [0.5, 0.6) is 5.75 Å². The first-order chi connectivity index (χ1) is 15.9. The first-order valence-electron chi connectivity index (χ1n) is 10.9. The molecule has 9 nitrogen and oxygen atoms in total. The van der Waals surface area contributed by atoms with Gasteiger partial charge < -0.3 is 25.3 Å². The van der Waals surface area contributed by atoms with Gasteiger partial charge in [-0.2, -0.15) is 0 Å². The third-order valence-corrected chi connectivity index (χ3v) is 6.97. The van der Waals surface area contributed by atoms with Crippen LogP contribution < -0.4 is 15.8 Å².